The number of nitrogens with one attached hydrogen (secondary N) is 1. The molecule has 1 N–H and O–H groups in total. The molecule has 1 aromatic heterocycles. The zero-order chi connectivity index (χ0) is 27.4. The SMILES string of the molecule is CC(C)(C)C(=O)/C(C#N)=c1/s/c(=C\c2cccc(NC(=O)c3ccc(Cl)cc3)c2)c(=O)n1C[C@@H]1CCCO1. The van der Waals surface area contributed by atoms with Crippen LogP contribution < -0.4 is 20.1 Å². The highest BCUT2D eigenvalue weighted by molar-refractivity contribution is 7.07. The second-order valence-electron chi connectivity index (χ2n) is 10.1. The molecule has 4 rings (SSSR count). The summed E-state index contributed by atoms with van der Waals surface area (Å²) in [5.74, 6) is -0.606. The summed E-state index contributed by atoms with van der Waals surface area (Å²) in [5, 5.41) is 13.3. The van der Waals surface area contributed by atoms with Crippen molar-refractivity contribution < 1.29 is 14.3 Å². The summed E-state index contributed by atoms with van der Waals surface area (Å²) >= 11 is 7.03. The maximum atomic E-state index is 13.5. The Morgan fingerprint density at radius 2 is 1.97 bits per heavy atom. The largest absolute Gasteiger partial charge is 0.376 e. The second kappa shape index (κ2) is 11.5. The summed E-state index contributed by atoms with van der Waals surface area (Å²) < 4.78 is 7.96. The predicted octanol–water partition coefficient (Wildman–Crippen LogP) is 4.11. The van der Waals surface area contributed by atoms with E-state index in [1.807, 2.05) is 6.07 Å². The van der Waals surface area contributed by atoms with Gasteiger partial charge in [-0.25, -0.2) is 0 Å². The molecule has 1 aliphatic heterocycles. The molecule has 196 valence electrons. The van der Waals surface area contributed by atoms with Gasteiger partial charge in [-0.2, -0.15) is 5.26 Å². The molecule has 3 aromatic rings. The smallest absolute Gasteiger partial charge is 0.269 e. The third-order valence-corrected chi connectivity index (χ3v) is 7.48. The lowest BCUT2D eigenvalue weighted by Gasteiger charge is -2.16. The van der Waals surface area contributed by atoms with Crippen molar-refractivity contribution in [3.05, 3.63) is 84.2 Å². The first-order valence-electron chi connectivity index (χ1n) is 12.3. The Bertz CT molecular complexity index is 1580. The molecule has 1 aliphatic rings. The van der Waals surface area contributed by atoms with Gasteiger partial charge in [-0.1, -0.05) is 44.5 Å². The summed E-state index contributed by atoms with van der Waals surface area (Å²) in [6.07, 6.45) is 3.27. The molecule has 1 amide bonds. The average molecular weight is 550 g/mol. The number of nitrogens with zero attached hydrogens (tertiary/aromatic N) is 2. The van der Waals surface area contributed by atoms with Gasteiger partial charge >= 0.3 is 0 Å². The number of nitriles is 1. The van der Waals surface area contributed by atoms with E-state index in [-0.39, 0.29) is 35.5 Å². The van der Waals surface area contributed by atoms with Gasteiger partial charge in [-0.15, -0.1) is 11.3 Å². The standard InChI is InChI=1S/C29H28ClN3O4S/c1-29(2,3)25(34)23(16-31)28-33(17-22-8-5-13-37-22)27(36)24(38-28)15-18-6-4-7-21(14-18)32-26(35)19-9-11-20(30)12-10-19/h4,6-7,9-12,14-15,22H,5,8,13,17H2,1-3H3,(H,32,35)/b24-15-,28-23+/t22-/m0/s1. The first-order valence-corrected chi connectivity index (χ1v) is 13.5. The Hall–Kier alpha value is -3.51. The van der Waals surface area contributed by atoms with Crippen LogP contribution in [0.15, 0.2) is 53.3 Å². The van der Waals surface area contributed by atoms with Gasteiger partial charge in [0.05, 0.1) is 17.2 Å². The first-order chi connectivity index (χ1) is 18.1. The van der Waals surface area contributed by atoms with Crippen molar-refractivity contribution in [1.29, 1.82) is 5.26 Å². The molecule has 0 unspecified atom stereocenters. The Kier molecular flexibility index (Phi) is 8.32. The summed E-state index contributed by atoms with van der Waals surface area (Å²) in [6, 6.07) is 15.7. The topological polar surface area (TPSA) is 101 Å². The van der Waals surface area contributed by atoms with Gasteiger partial charge in [0.15, 0.2) is 5.78 Å². The lowest BCUT2D eigenvalue weighted by Crippen LogP contribution is -2.37. The highest BCUT2D eigenvalue weighted by Gasteiger charge is 2.28. The molecule has 2 heterocycles. The van der Waals surface area contributed by atoms with Crippen LogP contribution in [-0.2, 0) is 16.1 Å². The van der Waals surface area contributed by atoms with Crippen molar-refractivity contribution in [2.45, 2.75) is 46.3 Å². The fourth-order valence-corrected chi connectivity index (χ4v) is 5.33. The van der Waals surface area contributed by atoms with Gasteiger partial charge in [-0.3, -0.25) is 19.0 Å². The molecule has 1 fully saturated rings. The summed E-state index contributed by atoms with van der Waals surface area (Å²) in [6.45, 7) is 6.15. The van der Waals surface area contributed by atoms with E-state index in [0.29, 0.717) is 37.6 Å². The van der Waals surface area contributed by atoms with E-state index in [2.05, 4.69) is 11.4 Å². The van der Waals surface area contributed by atoms with Gasteiger partial charge in [-0.05, 0) is 60.9 Å². The van der Waals surface area contributed by atoms with E-state index in [0.717, 1.165) is 24.2 Å². The molecule has 0 saturated carbocycles. The molecular formula is C29H28ClN3O4S. The van der Waals surface area contributed by atoms with Crippen molar-refractivity contribution in [1.82, 2.24) is 4.57 Å². The number of anilines is 1. The number of benzene rings is 2. The number of amides is 1. The number of hydrogen-bond donors (Lipinski definition) is 1. The minimum Gasteiger partial charge on any atom is -0.376 e. The monoisotopic (exact) mass is 549 g/mol. The molecule has 38 heavy (non-hydrogen) atoms. The van der Waals surface area contributed by atoms with Crippen LogP contribution in [0.5, 0.6) is 0 Å². The van der Waals surface area contributed by atoms with E-state index in [1.165, 1.54) is 4.57 Å². The number of thiazole rings is 1. The molecular weight excluding hydrogens is 522 g/mol. The number of carbonyl (C=O) groups excluding carboxylic acids is 2. The van der Waals surface area contributed by atoms with Crippen LogP contribution in [0.1, 0.15) is 49.5 Å². The molecule has 7 nitrogen and oxygen atoms in total. The summed E-state index contributed by atoms with van der Waals surface area (Å²) in [4.78, 5) is 39.2. The number of halogens is 1. The molecule has 1 atom stereocenters. The fourth-order valence-electron chi connectivity index (χ4n) is 4.10. The highest BCUT2D eigenvalue weighted by atomic mass is 35.5. The molecule has 0 bridgehead atoms. The van der Waals surface area contributed by atoms with Crippen LogP contribution in [0.25, 0.3) is 11.6 Å². The molecule has 1 saturated heterocycles. The van der Waals surface area contributed by atoms with E-state index < -0.39 is 5.41 Å². The molecule has 9 heteroatoms. The number of ether oxygens (including phenoxy) is 1. The van der Waals surface area contributed by atoms with Crippen LogP contribution in [0.2, 0.25) is 5.02 Å². The number of ketones is 1. The predicted molar refractivity (Wildman–Crippen MR) is 150 cm³/mol. The van der Waals surface area contributed by atoms with Crippen LogP contribution in [0.3, 0.4) is 0 Å². The summed E-state index contributed by atoms with van der Waals surface area (Å²) in [5.41, 5.74) is 0.620. The molecule has 0 spiro atoms. The Morgan fingerprint density at radius 3 is 2.61 bits per heavy atom. The lowest BCUT2D eigenvalue weighted by molar-refractivity contribution is -0.120. The average Bonchev–Trinajstić information content (AvgIpc) is 3.49. The fraction of sp³-hybridized carbons (Fsp3) is 0.310. The third-order valence-electron chi connectivity index (χ3n) is 6.10. The third kappa shape index (κ3) is 6.30. The number of Topliss-reactive ketones (excluding diaryl/α,β-unsaturated/α-hetero) is 1. The highest BCUT2D eigenvalue weighted by Crippen LogP contribution is 2.20. The van der Waals surface area contributed by atoms with Gasteiger partial charge in [0, 0.05) is 28.3 Å². The number of aromatic nitrogens is 1. The van der Waals surface area contributed by atoms with Crippen molar-refractivity contribution >= 4 is 52.0 Å². The van der Waals surface area contributed by atoms with Crippen molar-refractivity contribution in [3.8, 4) is 6.07 Å². The first kappa shape index (κ1) is 27.5. The van der Waals surface area contributed by atoms with Crippen molar-refractivity contribution in [3.63, 3.8) is 0 Å². The number of rotatable bonds is 6. The van der Waals surface area contributed by atoms with Crippen LogP contribution in [-0.4, -0.2) is 29.0 Å². The number of hydrogen-bond acceptors (Lipinski definition) is 6. The molecule has 0 radical (unpaired) electrons. The van der Waals surface area contributed by atoms with Gasteiger partial charge in [0.25, 0.3) is 11.5 Å². The van der Waals surface area contributed by atoms with Crippen molar-refractivity contribution in [2.75, 3.05) is 11.9 Å². The van der Waals surface area contributed by atoms with Crippen LogP contribution in [0.4, 0.5) is 5.69 Å². The Labute approximate surface area is 229 Å². The van der Waals surface area contributed by atoms with Crippen LogP contribution in [0, 0.1) is 16.7 Å². The zero-order valence-electron chi connectivity index (χ0n) is 21.4. The quantitative estimate of drug-likeness (QED) is 0.498. The van der Waals surface area contributed by atoms with Gasteiger partial charge in [0.2, 0.25) is 0 Å². The molecule has 2 aromatic carbocycles. The zero-order valence-corrected chi connectivity index (χ0v) is 23.0. The Morgan fingerprint density at radius 1 is 1.24 bits per heavy atom. The number of carbonyl (C=O) groups is 2. The van der Waals surface area contributed by atoms with Gasteiger partial charge < -0.3 is 10.1 Å². The lowest BCUT2D eigenvalue weighted by atomic mass is 9.87. The van der Waals surface area contributed by atoms with E-state index in [9.17, 15) is 19.6 Å². The Balaban J connectivity index is 1.76. The van der Waals surface area contributed by atoms with E-state index >= 15 is 0 Å². The van der Waals surface area contributed by atoms with Crippen LogP contribution >= 0.6 is 22.9 Å². The van der Waals surface area contributed by atoms with E-state index in [4.69, 9.17) is 16.3 Å². The second-order valence-corrected chi connectivity index (χ2v) is 11.6. The minimum atomic E-state index is -0.777. The van der Waals surface area contributed by atoms with E-state index in [1.54, 1.807) is 69.3 Å². The maximum Gasteiger partial charge on any atom is 0.269 e. The van der Waals surface area contributed by atoms with Crippen molar-refractivity contribution in [2.24, 2.45) is 5.41 Å². The minimum absolute atomic E-state index is 0.0266. The van der Waals surface area contributed by atoms with Gasteiger partial charge in [0.1, 0.15) is 16.3 Å². The maximum absolute atomic E-state index is 13.5. The molecule has 0 aliphatic carbocycles. The summed E-state index contributed by atoms with van der Waals surface area (Å²) in [7, 11) is 0. The normalized spacial score (nSPS) is 16.7.